The molecule has 1 atom stereocenters. The summed E-state index contributed by atoms with van der Waals surface area (Å²) in [5, 5.41) is 3.14. The zero-order chi connectivity index (χ0) is 19.1. The maximum atomic E-state index is 12.7. The number of carbonyl (C=O) groups excluding carboxylic acids is 1. The second-order valence-corrected chi connectivity index (χ2v) is 7.54. The van der Waals surface area contributed by atoms with Crippen LogP contribution in [0.5, 0.6) is 5.75 Å². The van der Waals surface area contributed by atoms with E-state index in [1.54, 1.807) is 0 Å². The van der Waals surface area contributed by atoms with E-state index in [1.165, 1.54) is 5.56 Å². The maximum absolute atomic E-state index is 12.7. The Balaban J connectivity index is 1.66. The van der Waals surface area contributed by atoms with Gasteiger partial charge >= 0.3 is 0 Å². The third kappa shape index (κ3) is 5.00. The number of ether oxygens (including phenoxy) is 3. The molecular formula is C21H32N2O4. The Labute approximate surface area is 161 Å². The Kier molecular flexibility index (Phi) is 7.10. The highest BCUT2D eigenvalue weighted by atomic mass is 16.5. The Morgan fingerprint density at radius 3 is 2.44 bits per heavy atom. The molecule has 27 heavy (non-hydrogen) atoms. The summed E-state index contributed by atoms with van der Waals surface area (Å²) in [6.07, 6.45) is 3.47. The van der Waals surface area contributed by atoms with Gasteiger partial charge in [-0.15, -0.1) is 0 Å². The fraction of sp³-hybridized carbons (Fsp3) is 0.667. The molecule has 0 bridgehead atoms. The minimum atomic E-state index is -0.467. The van der Waals surface area contributed by atoms with Crippen molar-refractivity contribution in [2.24, 2.45) is 11.7 Å². The van der Waals surface area contributed by atoms with Gasteiger partial charge in [-0.25, -0.2) is 0 Å². The molecule has 6 heteroatoms. The Morgan fingerprint density at radius 1 is 1.19 bits per heavy atom. The Hall–Kier alpha value is -1.63. The van der Waals surface area contributed by atoms with Gasteiger partial charge in [-0.05, 0) is 56.2 Å². The minimum Gasteiger partial charge on any atom is -0.494 e. The summed E-state index contributed by atoms with van der Waals surface area (Å²) in [7, 11) is 0. The van der Waals surface area contributed by atoms with Crippen LogP contribution in [-0.2, 0) is 19.7 Å². The summed E-state index contributed by atoms with van der Waals surface area (Å²) in [5.74, 6) is 1.02. The molecule has 2 saturated heterocycles. The van der Waals surface area contributed by atoms with Gasteiger partial charge in [0.05, 0.1) is 12.6 Å². The molecule has 0 spiro atoms. The Bertz CT molecular complexity index is 593. The Morgan fingerprint density at radius 2 is 1.81 bits per heavy atom. The van der Waals surface area contributed by atoms with E-state index < -0.39 is 6.04 Å². The molecule has 1 unspecified atom stereocenters. The molecular weight excluding hydrogens is 344 g/mol. The molecule has 3 N–H and O–H groups in total. The monoisotopic (exact) mass is 376 g/mol. The van der Waals surface area contributed by atoms with Crippen molar-refractivity contribution in [3.05, 3.63) is 29.8 Å². The van der Waals surface area contributed by atoms with Crippen LogP contribution in [0.15, 0.2) is 24.3 Å². The average molecular weight is 376 g/mol. The highest BCUT2D eigenvalue weighted by Crippen LogP contribution is 2.35. The third-order valence-electron chi connectivity index (χ3n) is 5.91. The van der Waals surface area contributed by atoms with Crippen LogP contribution in [0.3, 0.4) is 0 Å². The van der Waals surface area contributed by atoms with E-state index in [4.69, 9.17) is 19.9 Å². The van der Waals surface area contributed by atoms with Crippen molar-refractivity contribution in [3.63, 3.8) is 0 Å². The van der Waals surface area contributed by atoms with Gasteiger partial charge in [-0.3, -0.25) is 4.79 Å². The zero-order valence-corrected chi connectivity index (χ0v) is 16.2. The minimum absolute atomic E-state index is 0.0568. The molecule has 150 valence electrons. The maximum Gasteiger partial charge on any atom is 0.237 e. The fourth-order valence-electron chi connectivity index (χ4n) is 4.06. The predicted molar refractivity (Wildman–Crippen MR) is 104 cm³/mol. The van der Waals surface area contributed by atoms with E-state index >= 15 is 0 Å². The standard InChI is InChI=1S/C21H32N2O4/c1-2-27-18-5-3-17(4-6-18)21(9-13-26-14-10-21)15-23-20(24)19(22)16-7-11-25-12-8-16/h3-6,16,19H,2,7-15,22H2,1H3,(H,23,24). The van der Waals surface area contributed by atoms with Gasteiger partial charge in [0.25, 0.3) is 0 Å². The van der Waals surface area contributed by atoms with Crippen LogP contribution in [0.4, 0.5) is 0 Å². The summed E-state index contributed by atoms with van der Waals surface area (Å²) in [5.41, 5.74) is 7.33. The van der Waals surface area contributed by atoms with E-state index in [9.17, 15) is 4.79 Å². The number of rotatable bonds is 7. The zero-order valence-electron chi connectivity index (χ0n) is 16.2. The second kappa shape index (κ2) is 9.53. The van der Waals surface area contributed by atoms with Gasteiger partial charge in [-0.2, -0.15) is 0 Å². The largest absolute Gasteiger partial charge is 0.494 e. The molecule has 2 aliphatic heterocycles. The van der Waals surface area contributed by atoms with Gasteiger partial charge < -0.3 is 25.3 Å². The van der Waals surface area contributed by atoms with Gasteiger partial charge in [0.1, 0.15) is 5.75 Å². The van der Waals surface area contributed by atoms with Crippen molar-refractivity contribution >= 4 is 5.91 Å². The number of hydrogen-bond donors (Lipinski definition) is 2. The lowest BCUT2D eigenvalue weighted by molar-refractivity contribution is -0.124. The molecule has 3 rings (SSSR count). The predicted octanol–water partition coefficient (Wildman–Crippen LogP) is 2.00. The van der Waals surface area contributed by atoms with E-state index in [2.05, 4.69) is 17.4 Å². The first-order chi connectivity index (χ1) is 13.1. The van der Waals surface area contributed by atoms with E-state index in [1.807, 2.05) is 19.1 Å². The molecule has 1 aromatic carbocycles. The van der Waals surface area contributed by atoms with Crippen LogP contribution >= 0.6 is 0 Å². The fourth-order valence-corrected chi connectivity index (χ4v) is 4.06. The number of nitrogens with one attached hydrogen (secondary N) is 1. The van der Waals surface area contributed by atoms with Crippen molar-refractivity contribution in [1.82, 2.24) is 5.32 Å². The molecule has 0 aliphatic carbocycles. The smallest absolute Gasteiger partial charge is 0.237 e. The van der Waals surface area contributed by atoms with Crippen LogP contribution < -0.4 is 15.8 Å². The van der Waals surface area contributed by atoms with Crippen molar-refractivity contribution in [1.29, 1.82) is 0 Å². The summed E-state index contributed by atoms with van der Waals surface area (Å²) in [6.45, 7) is 6.01. The van der Waals surface area contributed by atoms with E-state index in [0.29, 0.717) is 39.6 Å². The highest BCUT2D eigenvalue weighted by Gasteiger charge is 2.36. The van der Waals surface area contributed by atoms with Gasteiger partial charge in [0.15, 0.2) is 0 Å². The van der Waals surface area contributed by atoms with Crippen LogP contribution in [0.25, 0.3) is 0 Å². The summed E-state index contributed by atoms with van der Waals surface area (Å²) < 4.78 is 16.5. The number of carbonyl (C=O) groups is 1. The van der Waals surface area contributed by atoms with Crippen molar-refractivity contribution in [3.8, 4) is 5.75 Å². The van der Waals surface area contributed by atoms with Crippen LogP contribution in [0.2, 0.25) is 0 Å². The normalized spacial score (nSPS) is 21.4. The quantitative estimate of drug-likeness (QED) is 0.761. The van der Waals surface area contributed by atoms with Crippen molar-refractivity contribution < 1.29 is 19.0 Å². The van der Waals surface area contributed by atoms with Crippen molar-refractivity contribution in [2.45, 2.75) is 44.1 Å². The highest BCUT2D eigenvalue weighted by molar-refractivity contribution is 5.82. The topological polar surface area (TPSA) is 82.8 Å². The first-order valence-corrected chi connectivity index (χ1v) is 10.1. The second-order valence-electron chi connectivity index (χ2n) is 7.54. The van der Waals surface area contributed by atoms with Gasteiger partial charge in [0.2, 0.25) is 5.91 Å². The lowest BCUT2D eigenvalue weighted by Crippen LogP contribution is -2.51. The molecule has 0 radical (unpaired) electrons. The molecule has 1 aromatic rings. The molecule has 2 heterocycles. The van der Waals surface area contributed by atoms with Crippen LogP contribution in [0, 0.1) is 5.92 Å². The number of nitrogens with two attached hydrogens (primary N) is 1. The summed E-state index contributed by atoms with van der Waals surface area (Å²) in [4.78, 5) is 12.7. The summed E-state index contributed by atoms with van der Waals surface area (Å²) >= 11 is 0. The lowest BCUT2D eigenvalue weighted by atomic mass is 9.74. The van der Waals surface area contributed by atoms with Crippen LogP contribution in [-0.4, -0.2) is 51.5 Å². The molecule has 0 aromatic heterocycles. The first-order valence-electron chi connectivity index (χ1n) is 10.1. The number of hydrogen-bond acceptors (Lipinski definition) is 5. The van der Waals surface area contributed by atoms with E-state index in [0.717, 1.165) is 31.4 Å². The molecule has 0 saturated carbocycles. The lowest BCUT2D eigenvalue weighted by Gasteiger charge is -2.38. The average Bonchev–Trinajstić information content (AvgIpc) is 2.73. The van der Waals surface area contributed by atoms with Crippen molar-refractivity contribution in [2.75, 3.05) is 39.6 Å². The van der Waals surface area contributed by atoms with Gasteiger partial charge in [0, 0.05) is 38.4 Å². The van der Waals surface area contributed by atoms with Crippen LogP contribution in [0.1, 0.15) is 38.2 Å². The third-order valence-corrected chi connectivity index (χ3v) is 5.91. The molecule has 2 aliphatic rings. The summed E-state index contributed by atoms with van der Waals surface area (Å²) in [6, 6.07) is 7.77. The number of benzene rings is 1. The van der Waals surface area contributed by atoms with Gasteiger partial charge in [-0.1, -0.05) is 12.1 Å². The SMILES string of the molecule is CCOc1ccc(C2(CNC(=O)C(N)C3CCOCC3)CCOCC2)cc1. The first kappa shape index (κ1) is 20.1. The molecule has 1 amide bonds. The number of amides is 1. The molecule has 2 fully saturated rings. The molecule has 6 nitrogen and oxygen atoms in total. The van der Waals surface area contributed by atoms with E-state index in [-0.39, 0.29) is 17.2 Å².